The summed E-state index contributed by atoms with van der Waals surface area (Å²) in [5.74, 6) is -0.132. The number of hydrogen-bond donors (Lipinski definition) is 2. The van der Waals surface area contributed by atoms with Gasteiger partial charge in [-0.2, -0.15) is 8.42 Å². The second-order valence-electron chi connectivity index (χ2n) is 3.93. The zero-order chi connectivity index (χ0) is 10.4. The molecule has 0 heterocycles. The molecule has 0 amide bonds. The van der Waals surface area contributed by atoms with Gasteiger partial charge in [-0.25, -0.2) is 0 Å². The third kappa shape index (κ3) is 10.0. The molecule has 1 fully saturated rings. The van der Waals surface area contributed by atoms with Crippen molar-refractivity contribution >= 4 is 10.1 Å². The van der Waals surface area contributed by atoms with Crippen LogP contribution in [0.3, 0.4) is 0 Å². The van der Waals surface area contributed by atoms with E-state index in [1.54, 1.807) is 0 Å². The first-order valence-corrected chi connectivity index (χ1v) is 6.87. The van der Waals surface area contributed by atoms with Crippen molar-refractivity contribution in [2.24, 2.45) is 0 Å². The molecule has 7 heteroatoms. The van der Waals surface area contributed by atoms with Crippen LogP contribution in [-0.2, 0) is 10.1 Å². The van der Waals surface area contributed by atoms with Crippen LogP contribution in [0.5, 0.6) is 0 Å². The molecule has 0 spiro atoms. The number of hydrogen-bond acceptors (Lipinski definition) is 4. The second-order valence-corrected chi connectivity index (χ2v) is 5.50. The Labute approximate surface area is 120 Å². The van der Waals surface area contributed by atoms with E-state index in [2.05, 4.69) is 5.32 Å². The predicted octanol–water partition coefficient (Wildman–Crippen LogP) is -1.99. The molecule has 0 aromatic heterocycles. The van der Waals surface area contributed by atoms with Crippen LogP contribution in [0, 0.1) is 0 Å². The summed E-state index contributed by atoms with van der Waals surface area (Å²) in [6.45, 7) is 0.685. The van der Waals surface area contributed by atoms with Gasteiger partial charge in [0.05, 0.1) is 5.75 Å². The first-order valence-electron chi connectivity index (χ1n) is 5.26. The maximum Gasteiger partial charge on any atom is 1.00 e. The predicted molar refractivity (Wildman–Crippen MR) is 57.8 cm³/mol. The molecular formula is C9H20NNaO4S. The van der Waals surface area contributed by atoms with Crippen LogP contribution in [0.15, 0.2) is 0 Å². The van der Waals surface area contributed by atoms with Crippen molar-refractivity contribution in [3.8, 4) is 0 Å². The summed E-state index contributed by atoms with van der Waals surface area (Å²) >= 11 is 0. The van der Waals surface area contributed by atoms with E-state index < -0.39 is 10.1 Å². The summed E-state index contributed by atoms with van der Waals surface area (Å²) in [4.78, 5) is 0. The molecule has 0 unspecified atom stereocenters. The Morgan fingerprint density at radius 3 is 2.25 bits per heavy atom. The minimum absolute atomic E-state index is 0. The van der Waals surface area contributed by atoms with Gasteiger partial charge in [0.1, 0.15) is 0 Å². The molecule has 3 N–H and O–H groups in total. The first kappa shape index (κ1) is 19.2. The van der Waals surface area contributed by atoms with Crippen molar-refractivity contribution in [1.82, 2.24) is 5.32 Å². The molecule has 92 valence electrons. The minimum atomic E-state index is -3.77. The fourth-order valence-corrected chi connectivity index (χ4v) is 2.38. The quantitative estimate of drug-likeness (QED) is 0.339. The SMILES string of the molecule is O=S(=O)(O)CCCNC1CCCCC1.[Na+].[OH-]. The third-order valence-corrected chi connectivity index (χ3v) is 3.42. The van der Waals surface area contributed by atoms with Gasteiger partial charge in [-0.3, -0.25) is 4.55 Å². The van der Waals surface area contributed by atoms with Gasteiger partial charge < -0.3 is 10.8 Å². The molecule has 0 radical (unpaired) electrons. The second kappa shape index (κ2) is 9.82. The van der Waals surface area contributed by atoms with Gasteiger partial charge >= 0.3 is 29.6 Å². The molecule has 1 saturated carbocycles. The van der Waals surface area contributed by atoms with E-state index in [0.717, 1.165) is 0 Å². The van der Waals surface area contributed by atoms with E-state index in [1.807, 2.05) is 0 Å². The van der Waals surface area contributed by atoms with Gasteiger partial charge in [-0.05, 0) is 25.8 Å². The van der Waals surface area contributed by atoms with Crippen LogP contribution in [0.2, 0.25) is 0 Å². The fourth-order valence-electron chi connectivity index (χ4n) is 1.87. The Hall–Kier alpha value is 0.830. The minimum Gasteiger partial charge on any atom is -0.870 e. The molecule has 0 bridgehead atoms. The van der Waals surface area contributed by atoms with E-state index in [4.69, 9.17) is 4.55 Å². The van der Waals surface area contributed by atoms with E-state index >= 15 is 0 Å². The molecule has 0 saturated heterocycles. The van der Waals surface area contributed by atoms with Crippen LogP contribution < -0.4 is 34.9 Å². The molecule has 1 aliphatic carbocycles. The van der Waals surface area contributed by atoms with Gasteiger partial charge in [0.2, 0.25) is 0 Å². The third-order valence-electron chi connectivity index (χ3n) is 2.62. The average Bonchev–Trinajstić information content (AvgIpc) is 2.13. The Morgan fingerprint density at radius 2 is 1.75 bits per heavy atom. The summed E-state index contributed by atoms with van der Waals surface area (Å²) < 4.78 is 29.3. The maximum absolute atomic E-state index is 10.4. The molecular weight excluding hydrogens is 241 g/mol. The number of rotatable bonds is 5. The van der Waals surface area contributed by atoms with E-state index in [-0.39, 0.29) is 40.8 Å². The standard InChI is InChI=1S/C9H19NO3S.Na.H2O/c11-14(12,13)8-4-7-10-9-5-2-1-3-6-9;;/h9-10H,1-8H2,(H,11,12,13);;1H2/q;+1;/p-1. The Morgan fingerprint density at radius 1 is 1.19 bits per heavy atom. The van der Waals surface area contributed by atoms with Crippen molar-refractivity contribution in [2.75, 3.05) is 12.3 Å². The summed E-state index contributed by atoms with van der Waals surface area (Å²) in [6.07, 6.45) is 6.77. The largest absolute Gasteiger partial charge is 1.00 e. The monoisotopic (exact) mass is 261 g/mol. The summed E-state index contributed by atoms with van der Waals surface area (Å²) in [6, 6.07) is 0.560. The van der Waals surface area contributed by atoms with Crippen LogP contribution in [-0.4, -0.2) is 36.8 Å². The van der Waals surface area contributed by atoms with Gasteiger partial charge in [0.15, 0.2) is 0 Å². The molecule has 0 aliphatic heterocycles. The normalized spacial score (nSPS) is 17.3. The van der Waals surface area contributed by atoms with E-state index in [0.29, 0.717) is 19.0 Å². The van der Waals surface area contributed by atoms with Crippen molar-refractivity contribution < 1.29 is 48.0 Å². The van der Waals surface area contributed by atoms with Crippen molar-refractivity contribution in [1.29, 1.82) is 0 Å². The molecule has 0 atom stereocenters. The Balaban J connectivity index is 0. The first-order chi connectivity index (χ1) is 6.58. The van der Waals surface area contributed by atoms with E-state index in [9.17, 15) is 8.42 Å². The summed E-state index contributed by atoms with van der Waals surface area (Å²) in [7, 11) is -3.77. The summed E-state index contributed by atoms with van der Waals surface area (Å²) in [5, 5.41) is 3.32. The Bertz CT molecular complexity index is 252. The number of nitrogens with one attached hydrogen (secondary N) is 1. The van der Waals surface area contributed by atoms with Crippen LogP contribution >= 0.6 is 0 Å². The molecule has 5 nitrogen and oxygen atoms in total. The van der Waals surface area contributed by atoms with Crippen molar-refractivity contribution in [3.05, 3.63) is 0 Å². The average molecular weight is 261 g/mol. The van der Waals surface area contributed by atoms with Crippen molar-refractivity contribution in [3.63, 3.8) is 0 Å². The molecule has 1 aliphatic rings. The fraction of sp³-hybridized carbons (Fsp3) is 1.00. The van der Waals surface area contributed by atoms with Gasteiger partial charge in [0, 0.05) is 6.04 Å². The molecule has 0 aromatic carbocycles. The zero-order valence-corrected chi connectivity index (χ0v) is 12.7. The van der Waals surface area contributed by atoms with Crippen LogP contribution in [0.25, 0.3) is 0 Å². The molecule has 1 rings (SSSR count). The van der Waals surface area contributed by atoms with Crippen molar-refractivity contribution in [2.45, 2.75) is 44.6 Å². The zero-order valence-electron chi connectivity index (χ0n) is 9.85. The topological polar surface area (TPSA) is 96.4 Å². The van der Waals surface area contributed by atoms with Crippen LogP contribution in [0.4, 0.5) is 0 Å². The van der Waals surface area contributed by atoms with Gasteiger partial charge in [-0.1, -0.05) is 19.3 Å². The smallest absolute Gasteiger partial charge is 0.870 e. The molecule has 16 heavy (non-hydrogen) atoms. The maximum atomic E-state index is 10.4. The van der Waals surface area contributed by atoms with Gasteiger partial charge in [0.25, 0.3) is 10.1 Å². The van der Waals surface area contributed by atoms with Crippen LogP contribution in [0.1, 0.15) is 38.5 Å². The van der Waals surface area contributed by atoms with E-state index in [1.165, 1.54) is 32.1 Å². The Kier molecular flexibility index (Phi) is 11.8. The summed E-state index contributed by atoms with van der Waals surface area (Å²) in [5.41, 5.74) is 0. The molecule has 0 aromatic rings. The van der Waals surface area contributed by atoms with Gasteiger partial charge in [-0.15, -0.1) is 0 Å².